The topological polar surface area (TPSA) is 75.4 Å². The van der Waals surface area contributed by atoms with Crippen LogP contribution in [0.2, 0.25) is 0 Å². The van der Waals surface area contributed by atoms with Crippen molar-refractivity contribution in [1.29, 1.82) is 0 Å². The standard InChI is InChI=1S/C16H18F2N2O3/c1-8-3-9(2)14-12(4-8)20-15(23-14)19-11(5-13(21)22)10-6-16(17,18)7-10/h3-4,10-11H,5-7H2,1-2H3,(H,19,20)(H,21,22). The van der Waals surface area contributed by atoms with Crippen LogP contribution in [-0.2, 0) is 4.79 Å². The molecule has 1 saturated carbocycles. The number of aryl methyl sites for hydroxylation is 2. The number of anilines is 1. The van der Waals surface area contributed by atoms with Crippen molar-refractivity contribution in [3.63, 3.8) is 0 Å². The molecule has 0 aliphatic heterocycles. The van der Waals surface area contributed by atoms with Crippen molar-refractivity contribution >= 4 is 23.1 Å². The Morgan fingerprint density at radius 1 is 1.48 bits per heavy atom. The number of alkyl halides is 2. The molecular weight excluding hydrogens is 306 g/mol. The van der Waals surface area contributed by atoms with Crippen molar-refractivity contribution in [1.82, 2.24) is 4.98 Å². The summed E-state index contributed by atoms with van der Waals surface area (Å²) < 4.78 is 31.8. The maximum atomic E-state index is 13.1. The molecule has 7 heteroatoms. The molecule has 0 spiro atoms. The maximum absolute atomic E-state index is 13.1. The first kappa shape index (κ1) is 15.7. The fourth-order valence-electron chi connectivity index (χ4n) is 3.11. The summed E-state index contributed by atoms with van der Waals surface area (Å²) in [6.07, 6.45) is -0.871. The number of halogens is 2. The van der Waals surface area contributed by atoms with Crippen molar-refractivity contribution in [2.45, 2.75) is 45.1 Å². The first-order valence-electron chi connectivity index (χ1n) is 7.47. The van der Waals surface area contributed by atoms with Gasteiger partial charge >= 0.3 is 5.97 Å². The van der Waals surface area contributed by atoms with E-state index in [9.17, 15) is 13.6 Å². The smallest absolute Gasteiger partial charge is 0.305 e. The van der Waals surface area contributed by atoms with Crippen LogP contribution in [0.5, 0.6) is 0 Å². The Hall–Kier alpha value is -2.18. The third kappa shape index (κ3) is 3.28. The lowest BCUT2D eigenvalue weighted by Crippen LogP contribution is -2.46. The lowest BCUT2D eigenvalue weighted by atomic mass is 9.75. The van der Waals surface area contributed by atoms with Crippen LogP contribution in [0, 0.1) is 19.8 Å². The van der Waals surface area contributed by atoms with Gasteiger partial charge in [-0.3, -0.25) is 4.79 Å². The molecule has 1 aromatic carbocycles. The number of aliphatic carboxylic acids is 1. The molecule has 5 nitrogen and oxygen atoms in total. The van der Waals surface area contributed by atoms with Gasteiger partial charge in [0.25, 0.3) is 6.01 Å². The molecule has 3 rings (SSSR count). The molecule has 23 heavy (non-hydrogen) atoms. The van der Waals surface area contributed by atoms with Gasteiger partial charge in [0, 0.05) is 18.9 Å². The van der Waals surface area contributed by atoms with Crippen LogP contribution in [0.3, 0.4) is 0 Å². The van der Waals surface area contributed by atoms with Crippen molar-refractivity contribution in [2.75, 3.05) is 5.32 Å². The van der Waals surface area contributed by atoms with Gasteiger partial charge in [0.05, 0.1) is 6.42 Å². The molecule has 2 N–H and O–H groups in total. The number of nitrogens with zero attached hydrogens (tertiary/aromatic N) is 1. The zero-order chi connectivity index (χ0) is 16.8. The van der Waals surface area contributed by atoms with E-state index < -0.39 is 23.9 Å². The van der Waals surface area contributed by atoms with Crippen LogP contribution in [0.4, 0.5) is 14.8 Å². The van der Waals surface area contributed by atoms with Gasteiger partial charge in [-0.05, 0) is 37.0 Å². The Labute approximate surface area is 131 Å². The monoisotopic (exact) mass is 324 g/mol. The summed E-state index contributed by atoms with van der Waals surface area (Å²) in [5.41, 5.74) is 3.24. The number of carboxylic acids is 1. The van der Waals surface area contributed by atoms with Crippen LogP contribution in [0.15, 0.2) is 16.5 Å². The molecule has 0 amide bonds. The van der Waals surface area contributed by atoms with Gasteiger partial charge in [-0.2, -0.15) is 4.98 Å². The molecular formula is C16H18F2N2O3. The normalized spacial score (nSPS) is 18.6. The second kappa shape index (κ2) is 5.47. The SMILES string of the molecule is Cc1cc(C)c2oc(NC(CC(=O)O)C3CC(F)(F)C3)nc2c1. The molecule has 2 aromatic rings. The zero-order valence-electron chi connectivity index (χ0n) is 12.9. The number of carbonyl (C=O) groups is 1. The number of oxazole rings is 1. The maximum Gasteiger partial charge on any atom is 0.305 e. The molecule has 1 aliphatic rings. The van der Waals surface area contributed by atoms with E-state index in [1.54, 1.807) is 0 Å². The predicted octanol–water partition coefficient (Wildman–Crippen LogP) is 3.75. The number of hydrogen-bond donors (Lipinski definition) is 2. The van der Waals surface area contributed by atoms with Crippen molar-refractivity contribution < 1.29 is 23.1 Å². The Morgan fingerprint density at radius 2 is 2.17 bits per heavy atom. The summed E-state index contributed by atoms with van der Waals surface area (Å²) in [4.78, 5) is 15.3. The van der Waals surface area contributed by atoms with E-state index in [2.05, 4.69) is 10.3 Å². The number of benzene rings is 1. The lowest BCUT2D eigenvalue weighted by molar-refractivity contribution is -0.141. The van der Waals surface area contributed by atoms with Crippen LogP contribution < -0.4 is 5.32 Å². The summed E-state index contributed by atoms with van der Waals surface area (Å²) in [6, 6.07) is 3.37. The van der Waals surface area contributed by atoms with E-state index >= 15 is 0 Å². The first-order chi connectivity index (χ1) is 10.7. The van der Waals surface area contributed by atoms with Crippen molar-refractivity contribution in [3.8, 4) is 0 Å². The minimum Gasteiger partial charge on any atom is -0.481 e. The van der Waals surface area contributed by atoms with Crippen molar-refractivity contribution in [3.05, 3.63) is 23.3 Å². The average Bonchev–Trinajstić information content (AvgIpc) is 2.77. The Kier molecular flexibility index (Phi) is 3.74. The number of carboxylic acid groups (broad SMARTS) is 1. The number of nitrogens with one attached hydrogen (secondary N) is 1. The van der Waals surface area contributed by atoms with E-state index in [0.29, 0.717) is 11.1 Å². The number of hydrogen-bond acceptors (Lipinski definition) is 4. The van der Waals surface area contributed by atoms with E-state index in [-0.39, 0.29) is 25.3 Å². The van der Waals surface area contributed by atoms with Gasteiger partial charge in [0.2, 0.25) is 5.92 Å². The molecule has 0 saturated heterocycles. The Bertz CT molecular complexity index is 749. The summed E-state index contributed by atoms with van der Waals surface area (Å²) in [7, 11) is 0. The van der Waals surface area contributed by atoms with Gasteiger partial charge in [-0.1, -0.05) is 6.07 Å². The van der Waals surface area contributed by atoms with Crippen LogP contribution in [0.1, 0.15) is 30.4 Å². The molecule has 1 heterocycles. The van der Waals surface area contributed by atoms with Gasteiger partial charge < -0.3 is 14.8 Å². The average molecular weight is 324 g/mol. The van der Waals surface area contributed by atoms with Crippen LogP contribution in [-0.4, -0.2) is 28.0 Å². The van der Waals surface area contributed by atoms with Gasteiger partial charge in [-0.15, -0.1) is 0 Å². The largest absolute Gasteiger partial charge is 0.481 e. The number of aromatic nitrogens is 1. The molecule has 1 atom stereocenters. The molecule has 1 fully saturated rings. The summed E-state index contributed by atoms with van der Waals surface area (Å²) in [5.74, 6) is -4.14. The highest BCUT2D eigenvalue weighted by atomic mass is 19.3. The predicted molar refractivity (Wildman–Crippen MR) is 80.8 cm³/mol. The minimum atomic E-state index is -2.70. The molecule has 1 unspecified atom stereocenters. The fraction of sp³-hybridized carbons (Fsp3) is 0.500. The van der Waals surface area contributed by atoms with Gasteiger partial charge in [0.1, 0.15) is 5.52 Å². The highest BCUT2D eigenvalue weighted by molar-refractivity contribution is 5.78. The highest BCUT2D eigenvalue weighted by Gasteiger charge is 2.49. The summed E-state index contributed by atoms with van der Waals surface area (Å²) in [6.45, 7) is 3.84. The second-order valence-corrected chi connectivity index (χ2v) is 6.32. The molecule has 1 aromatic heterocycles. The first-order valence-corrected chi connectivity index (χ1v) is 7.47. The number of rotatable bonds is 5. The Morgan fingerprint density at radius 3 is 2.78 bits per heavy atom. The number of fused-ring (bicyclic) bond motifs is 1. The van der Waals surface area contributed by atoms with E-state index in [0.717, 1.165) is 11.1 Å². The lowest BCUT2D eigenvalue weighted by Gasteiger charge is -2.39. The summed E-state index contributed by atoms with van der Waals surface area (Å²) in [5, 5.41) is 11.9. The summed E-state index contributed by atoms with van der Waals surface area (Å²) >= 11 is 0. The third-order valence-corrected chi connectivity index (χ3v) is 4.21. The van der Waals surface area contributed by atoms with E-state index in [1.165, 1.54) is 0 Å². The minimum absolute atomic E-state index is 0.176. The van der Waals surface area contributed by atoms with E-state index in [4.69, 9.17) is 9.52 Å². The van der Waals surface area contributed by atoms with Crippen LogP contribution >= 0.6 is 0 Å². The third-order valence-electron chi connectivity index (χ3n) is 4.21. The van der Waals surface area contributed by atoms with Crippen molar-refractivity contribution in [2.24, 2.45) is 5.92 Å². The Balaban J connectivity index is 1.82. The van der Waals surface area contributed by atoms with Gasteiger partial charge in [-0.25, -0.2) is 8.78 Å². The quantitative estimate of drug-likeness (QED) is 0.876. The van der Waals surface area contributed by atoms with E-state index in [1.807, 2.05) is 26.0 Å². The zero-order valence-corrected chi connectivity index (χ0v) is 12.9. The molecule has 0 radical (unpaired) electrons. The fourth-order valence-corrected chi connectivity index (χ4v) is 3.11. The highest BCUT2D eigenvalue weighted by Crippen LogP contribution is 2.45. The molecule has 124 valence electrons. The van der Waals surface area contributed by atoms with Crippen LogP contribution in [0.25, 0.3) is 11.1 Å². The molecule has 0 bridgehead atoms. The second-order valence-electron chi connectivity index (χ2n) is 6.32. The molecule has 1 aliphatic carbocycles. The van der Waals surface area contributed by atoms with Gasteiger partial charge in [0.15, 0.2) is 5.58 Å².